The maximum Gasteiger partial charge on any atom is 0.220 e. The van der Waals surface area contributed by atoms with Gasteiger partial charge >= 0.3 is 0 Å². The zero-order valence-electron chi connectivity index (χ0n) is 55.2. The van der Waals surface area contributed by atoms with E-state index in [1.165, 1.54) is 167 Å². The van der Waals surface area contributed by atoms with Gasteiger partial charge in [0.1, 0.15) is 73.2 Å². The summed E-state index contributed by atoms with van der Waals surface area (Å²) in [5, 5.41) is 120. The predicted octanol–water partition coefficient (Wildman–Crippen LogP) is 9.61. The largest absolute Gasteiger partial charge is 0.394 e. The average molecular weight is 1270 g/mol. The van der Waals surface area contributed by atoms with Crippen molar-refractivity contribution >= 4 is 5.91 Å². The molecule has 0 aliphatic carbocycles. The molecule has 3 aliphatic rings. The molecule has 17 unspecified atom stereocenters. The summed E-state index contributed by atoms with van der Waals surface area (Å²) in [6.07, 6.45) is 34.4. The maximum atomic E-state index is 13.3. The fraction of sp³-hybridized carbons (Fsp3) is 0.900. The smallest absolute Gasteiger partial charge is 0.220 e. The van der Waals surface area contributed by atoms with Crippen LogP contribution in [-0.2, 0) is 33.2 Å². The molecule has 12 N–H and O–H groups in total. The first kappa shape index (κ1) is 81.2. The van der Waals surface area contributed by atoms with Crippen LogP contribution in [0.3, 0.4) is 0 Å². The number of ether oxygens (including phenoxy) is 6. The molecular formula is C70H129NO18. The molecule has 19 heteroatoms. The van der Waals surface area contributed by atoms with Crippen LogP contribution in [0.5, 0.6) is 0 Å². The Labute approximate surface area is 536 Å². The predicted molar refractivity (Wildman–Crippen MR) is 346 cm³/mol. The lowest BCUT2D eigenvalue weighted by molar-refractivity contribution is -0.379. The molecule has 3 heterocycles. The molecule has 3 rings (SSSR count). The summed E-state index contributed by atoms with van der Waals surface area (Å²) in [6, 6.07) is -0.980. The van der Waals surface area contributed by atoms with Crippen LogP contribution in [0.4, 0.5) is 0 Å². The van der Waals surface area contributed by atoms with Crippen LogP contribution in [0.2, 0.25) is 0 Å². The Morgan fingerprint density at radius 3 is 1.19 bits per heavy atom. The van der Waals surface area contributed by atoms with Gasteiger partial charge in [0.15, 0.2) is 18.9 Å². The van der Waals surface area contributed by atoms with E-state index in [1.54, 1.807) is 6.08 Å². The summed E-state index contributed by atoms with van der Waals surface area (Å²) in [5.41, 5.74) is 0. The molecule has 19 nitrogen and oxygen atoms in total. The summed E-state index contributed by atoms with van der Waals surface area (Å²) in [6.45, 7) is 1.67. The van der Waals surface area contributed by atoms with Gasteiger partial charge < -0.3 is 89.9 Å². The molecule has 0 spiro atoms. The molecule has 522 valence electrons. The average Bonchev–Trinajstić information content (AvgIpc) is 2.38. The molecule has 0 aromatic rings. The van der Waals surface area contributed by atoms with Gasteiger partial charge in [-0.3, -0.25) is 4.79 Å². The summed E-state index contributed by atoms with van der Waals surface area (Å²) in [7, 11) is 0. The molecule has 0 saturated carbocycles. The van der Waals surface area contributed by atoms with Crippen molar-refractivity contribution in [2.75, 3.05) is 26.4 Å². The summed E-state index contributed by atoms with van der Waals surface area (Å²) >= 11 is 0. The number of nitrogens with one attached hydrogen (secondary N) is 1. The Hall–Kier alpha value is -1.99. The first-order chi connectivity index (χ1) is 43.3. The highest BCUT2D eigenvalue weighted by Gasteiger charge is 2.53. The van der Waals surface area contributed by atoms with Gasteiger partial charge in [-0.05, 0) is 44.9 Å². The van der Waals surface area contributed by atoms with Gasteiger partial charge in [0, 0.05) is 6.42 Å². The van der Waals surface area contributed by atoms with E-state index in [0.717, 1.165) is 77.0 Å². The van der Waals surface area contributed by atoms with Crippen molar-refractivity contribution in [1.29, 1.82) is 0 Å². The molecule has 89 heavy (non-hydrogen) atoms. The van der Waals surface area contributed by atoms with E-state index in [0.29, 0.717) is 6.42 Å². The van der Waals surface area contributed by atoms with Crippen molar-refractivity contribution in [2.24, 2.45) is 0 Å². The van der Waals surface area contributed by atoms with Crippen molar-refractivity contribution in [3.8, 4) is 0 Å². The van der Waals surface area contributed by atoms with Crippen LogP contribution < -0.4 is 5.32 Å². The van der Waals surface area contributed by atoms with Gasteiger partial charge in [-0.15, -0.1) is 0 Å². The van der Waals surface area contributed by atoms with Gasteiger partial charge in [0.05, 0.1) is 38.6 Å². The molecule has 0 bridgehead atoms. The Morgan fingerprint density at radius 2 is 0.764 bits per heavy atom. The third-order valence-corrected chi connectivity index (χ3v) is 17.9. The molecule has 3 fully saturated rings. The molecule has 0 aromatic carbocycles. The number of carbonyl (C=O) groups is 1. The third-order valence-electron chi connectivity index (χ3n) is 17.9. The highest BCUT2D eigenvalue weighted by molar-refractivity contribution is 5.76. The Kier molecular flexibility index (Phi) is 47.7. The highest BCUT2D eigenvalue weighted by Crippen LogP contribution is 2.33. The van der Waals surface area contributed by atoms with Crippen LogP contribution in [0.25, 0.3) is 0 Å². The number of hydrogen-bond acceptors (Lipinski definition) is 18. The SMILES string of the molecule is CCC/C=C\C/C=C\CCCCCCCC(=O)NC(COC1OC(CO)C(OC2OC(CO)C(OC3OC(CO)C(O)C(O)C3O)C(O)C2O)C(O)C1O)C(O)/C=C/CCCCCCCCCCCCCCCCCCCCCCCCCCCCCCC. The molecule has 3 aliphatic heterocycles. The number of aliphatic hydroxyl groups excluding tert-OH is 11. The van der Waals surface area contributed by atoms with E-state index < -0.39 is 124 Å². The highest BCUT2D eigenvalue weighted by atomic mass is 16.8. The Morgan fingerprint density at radius 1 is 0.404 bits per heavy atom. The van der Waals surface area contributed by atoms with E-state index in [-0.39, 0.29) is 18.9 Å². The lowest BCUT2D eigenvalue weighted by Gasteiger charge is -2.48. The van der Waals surface area contributed by atoms with E-state index in [1.807, 2.05) is 6.08 Å². The second-order valence-corrected chi connectivity index (χ2v) is 25.7. The van der Waals surface area contributed by atoms with Crippen molar-refractivity contribution in [2.45, 2.75) is 375 Å². The Bertz CT molecular complexity index is 1760. The number of aliphatic hydroxyl groups is 11. The van der Waals surface area contributed by atoms with Crippen LogP contribution in [0, 0.1) is 0 Å². The minimum Gasteiger partial charge on any atom is -0.394 e. The Balaban J connectivity index is 1.38. The second-order valence-electron chi connectivity index (χ2n) is 25.7. The fourth-order valence-electron chi connectivity index (χ4n) is 12.1. The minimum absolute atomic E-state index is 0.227. The van der Waals surface area contributed by atoms with Crippen molar-refractivity contribution in [3.63, 3.8) is 0 Å². The number of rotatable bonds is 55. The van der Waals surface area contributed by atoms with Gasteiger partial charge in [-0.25, -0.2) is 0 Å². The van der Waals surface area contributed by atoms with Crippen molar-refractivity contribution < 1.29 is 89.4 Å². The zero-order chi connectivity index (χ0) is 64.7. The van der Waals surface area contributed by atoms with E-state index in [2.05, 4.69) is 43.5 Å². The normalized spacial score (nSPS) is 28.4. The fourth-order valence-corrected chi connectivity index (χ4v) is 12.1. The molecule has 0 aromatic heterocycles. The monoisotopic (exact) mass is 1270 g/mol. The second kappa shape index (κ2) is 52.3. The van der Waals surface area contributed by atoms with E-state index in [9.17, 15) is 61.0 Å². The number of amides is 1. The first-order valence-electron chi connectivity index (χ1n) is 35.7. The van der Waals surface area contributed by atoms with E-state index in [4.69, 9.17) is 28.4 Å². The van der Waals surface area contributed by atoms with Crippen molar-refractivity contribution in [3.05, 3.63) is 36.5 Å². The lowest BCUT2D eigenvalue weighted by Crippen LogP contribution is -2.66. The standard InChI is InChI=1S/C70H129NO18/c1-3-5-7-9-11-13-15-17-18-19-20-21-22-23-24-25-26-27-28-29-30-31-32-33-34-36-37-39-41-43-45-47-54(75)53(71-58(76)48-46-44-42-40-38-35-16-14-12-10-8-6-4-2)52-84-68-64(82)61(79)66(56(50-73)86-68)89-70-65(83)62(80)67(57(51-74)87-70)88-69-63(81)60(78)59(77)55(49-72)85-69/h8,10,14,16,45,47,53-57,59-70,72-75,77-83H,3-7,9,11-13,15,17-44,46,48-52H2,1-2H3,(H,71,76)/b10-8-,16-14-,47-45+. The first-order valence-corrected chi connectivity index (χ1v) is 35.7. The number of carbonyl (C=O) groups excluding carboxylic acids is 1. The van der Waals surface area contributed by atoms with Crippen LogP contribution >= 0.6 is 0 Å². The molecule has 1 amide bonds. The minimum atomic E-state index is -1.98. The number of hydrogen-bond donors (Lipinski definition) is 12. The van der Waals surface area contributed by atoms with Crippen LogP contribution in [-0.4, -0.2) is 193 Å². The molecule has 0 radical (unpaired) electrons. The van der Waals surface area contributed by atoms with Gasteiger partial charge in [-0.2, -0.15) is 0 Å². The summed E-state index contributed by atoms with van der Waals surface area (Å²) in [4.78, 5) is 13.3. The van der Waals surface area contributed by atoms with Crippen LogP contribution in [0.1, 0.15) is 271 Å². The van der Waals surface area contributed by atoms with Gasteiger partial charge in [-0.1, -0.05) is 256 Å². The summed E-state index contributed by atoms with van der Waals surface area (Å²) in [5.74, 6) is -0.289. The summed E-state index contributed by atoms with van der Waals surface area (Å²) < 4.78 is 34.3. The maximum absolute atomic E-state index is 13.3. The number of unbranched alkanes of at least 4 members (excludes halogenated alkanes) is 35. The quantitative estimate of drug-likeness (QED) is 0.0199. The van der Waals surface area contributed by atoms with Crippen molar-refractivity contribution in [1.82, 2.24) is 5.32 Å². The third kappa shape index (κ3) is 34.3. The molecule has 17 atom stereocenters. The molecular weight excluding hydrogens is 1140 g/mol. The lowest BCUT2D eigenvalue weighted by atomic mass is 9.96. The number of allylic oxidation sites excluding steroid dienone is 5. The van der Waals surface area contributed by atoms with Gasteiger partial charge in [0.2, 0.25) is 5.91 Å². The van der Waals surface area contributed by atoms with Crippen LogP contribution in [0.15, 0.2) is 36.5 Å². The van der Waals surface area contributed by atoms with Gasteiger partial charge in [0.25, 0.3) is 0 Å². The molecule has 3 saturated heterocycles. The zero-order valence-corrected chi connectivity index (χ0v) is 55.2. The van der Waals surface area contributed by atoms with E-state index >= 15 is 0 Å². The topological polar surface area (TPSA) is 307 Å².